The second-order valence-electron chi connectivity index (χ2n) is 8.45. The first kappa shape index (κ1) is 20.1. The molecule has 0 fully saturated rings. The second kappa shape index (κ2) is 8.13. The lowest BCUT2D eigenvalue weighted by Gasteiger charge is -2.31. The summed E-state index contributed by atoms with van der Waals surface area (Å²) < 4.78 is 11.2. The lowest BCUT2D eigenvalue weighted by molar-refractivity contribution is -0.117. The normalized spacial score (nSPS) is 13.7. The lowest BCUT2D eigenvalue weighted by Crippen LogP contribution is -2.30. The fourth-order valence-corrected chi connectivity index (χ4v) is 3.59. The van der Waals surface area contributed by atoms with Gasteiger partial charge in [0.05, 0.1) is 14.2 Å². The average molecular weight is 383 g/mol. The molecule has 0 aromatic heterocycles. The van der Waals surface area contributed by atoms with Gasteiger partial charge in [0.15, 0.2) is 0 Å². The van der Waals surface area contributed by atoms with Crippen molar-refractivity contribution in [2.45, 2.75) is 40.2 Å². The number of hydrogen-bond acceptors (Lipinski definition) is 4. The van der Waals surface area contributed by atoms with Crippen LogP contribution >= 0.6 is 0 Å². The van der Waals surface area contributed by atoms with Crippen molar-refractivity contribution in [3.63, 3.8) is 0 Å². The molecule has 1 aliphatic rings. The third-order valence-electron chi connectivity index (χ3n) is 4.94. The number of amides is 1. The summed E-state index contributed by atoms with van der Waals surface area (Å²) in [5, 5.41) is 2.98. The summed E-state index contributed by atoms with van der Waals surface area (Å²) in [6.45, 7) is 7.90. The third kappa shape index (κ3) is 4.58. The number of fused-ring (bicyclic) bond motifs is 1. The Hall–Kier alpha value is -2.69. The van der Waals surface area contributed by atoms with Gasteiger partial charge in [-0.2, -0.15) is 0 Å². The summed E-state index contributed by atoms with van der Waals surface area (Å²) in [5.74, 6) is 1.16. The Bertz CT molecular complexity index is 830. The van der Waals surface area contributed by atoms with Crippen molar-refractivity contribution in [2.75, 3.05) is 31.0 Å². The zero-order valence-corrected chi connectivity index (χ0v) is 17.5. The molecule has 2 aromatic rings. The molecule has 1 amide bonds. The van der Waals surface area contributed by atoms with Gasteiger partial charge < -0.3 is 19.7 Å². The van der Waals surface area contributed by atoms with Crippen molar-refractivity contribution in [2.24, 2.45) is 5.41 Å². The van der Waals surface area contributed by atoms with Gasteiger partial charge in [-0.1, -0.05) is 45.0 Å². The van der Waals surface area contributed by atoms with Gasteiger partial charge in [0.1, 0.15) is 17.2 Å². The van der Waals surface area contributed by atoms with E-state index >= 15 is 0 Å². The molecule has 5 nitrogen and oxygen atoms in total. The molecule has 1 aliphatic heterocycles. The Morgan fingerprint density at radius 1 is 1.07 bits per heavy atom. The van der Waals surface area contributed by atoms with Crippen LogP contribution in [0.3, 0.4) is 0 Å². The molecule has 1 heterocycles. The van der Waals surface area contributed by atoms with Crippen molar-refractivity contribution in [3.8, 4) is 11.5 Å². The fourth-order valence-electron chi connectivity index (χ4n) is 3.59. The summed E-state index contributed by atoms with van der Waals surface area (Å²) in [5.41, 5.74) is 4.27. The zero-order valence-electron chi connectivity index (χ0n) is 17.5. The van der Waals surface area contributed by atoms with Gasteiger partial charge in [0, 0.05) is 37.3 Å². The minimum absolute atomic E-state index is 0.0521. The maximum Gasteiger partial charge on any atom is 0.225 e. The Kier molecular flexibility index (Phi) is 5.82. The van der Waals surface area contributed by atoms with E-state index in [2.05, 4.69) is 34.5 Å². The van der Waals surface area contributed by atoms with E-state index in [1.54, 1.807) is 14.2 Å². The Labute approximate surface area is 167 Å². The number of rotatable bonds is 5. The SMILES string of the molecule is COc1cc(N2CCc3ccccc3C2)cc(OC)c1NC(=O)CC(C)(C)C. The molecular weight excluding hydrogens is 352 g/mol. The molecule has 0 unspecified atom stereocenters. The van der Waals surface area contributed by atoms with E-state index in [1.165, 1.54) is 11.1 Å². The van der Waals surface area contributed by atoms with Crippen LogP contribution in [0.25, 0.3) is 0 Å². The summed E-state index contributed by atoms with van der Waals surface area (Å²) in [4.78, 5) is 14.8. The molecule has 28 heavy (non-hydrogen) atoms. The number of carbonyl (C=O) groups excluding carboxylic acids is 1. The molecule has 0 saturated heterocycles. The molecule has 1 N–H and O–H groups in total. The standard InChI is InChI=1S/C23H30N2O3/c1-23(2,3)14-21(26)24-22-19(27-4)12-18(13-20(22)28-5)25-11-10-16-8-6-7-9-17(16)15-25/h6-9,12-13H,10-11,14-15H2,1-5H3,(H,24,26). The van der Waals surface area contributed by atoms with Crippen molar-refractivity contribution in [1.29, 1.82) is 0 Å². The molecule has 0 bridgehead atoms. The highest BCUT2D eigenvalue weighted by atomic mass is 16.5. The van der Waals surface area contributed by atoms with Crippen molar-refractivity contribution in [1.82, 2.24) is 0 Å². The predicted molar refractivity (Wildman–Crippen MR) is 113 cm³/mol. The third-order valence-corrected chi connectivity index (χ3v) is 4.94. The number of anilines is 2. The van der Waals surface area contributed by atoms with Crippen molar-refractivity contribution >= 4 is 17.3 Å². The summed E-state index contributed by atoms with van der Waals surface area (Å²) in [6.07, 6.45) is 1.43. The number of nitrogens with zero attached hydrogens (tertiary/aromatic N) is 1. The highest BCUT2D eigenvalue weighted by Crippen LogP contribution is 2.40. The Morgan fingerprint density at radius 2 is 1.68 bits per heavy atom. The first-order valence-electron chi connectivity index (χ1n) is 9.68. The fraction of sp³-hybridized carbons (Fsp3) is 0.435. The Balaban J connectivity index is 1.88. The molecule has 3 rings (SSSR count). The van der Waals surface area contributed by atoms with Crippen LogP contribution < -0.4 is 19.7 Å². The molecule has 0 saturated carbocycles. The van der Waals surface area contributed by atoms with Crippen molar-refractivity contribution < 1.29 is 14.3 Å². The second-order valence-corrected chi connectivity index (χ2v) is 8.45. The van der Waals surface area contributed by atoms with Crippen LogP contribution in [0.1, 0.15) is 38.3 Å². The Morgan fingerprint density at radius 3 is 2.25 bits per heavy atom. The zero-order chi connectivity index (χ0) is 20.3. The maximum absolute atomic E-state index is 12.5. The van der Waals surface area contributed by atoms with E-state index in [1.807, 2.05) is 32.9 Å². The van der Waals surface area contributed by atoms with Gasteiger partial charge in [-0.15, -0.1) is 0 Å². The van der Waals surface area contributed by atoms with Crippen LogP contribution in [0.2, 0.25) is 0 Å². The van der Waals surface area contributed by atoms with Crippen LogP contribution in [0.4, 0.5) is 11.4 Å². The summed E-state index contributed by atoms with van der Waals surface area (Å²) in [6, 6.07) is 12.5. The van der Waals surface area contributed by atoms with Crippen LogP contribution in [0, 0.1) is 5.41 Å². The van der Waals surface area contributed by atoms with E-state index < -0.39 is 0 Å². The van der Waals surface area contributed by atoms with Gasteiger partial charge >= 0.3 is 0 Å². The number of nitrogens with one attached hydrogen (secondary N) is 1. The predicted octanol–water partition coefficient (Wildman–Crippen LogP) is 4.64. The van der Waals surface area contributed by atoms with Crippen LogP contribution in [0.15, 0.2) is 36.4 Å². The van der Waals surface area contributed by atoms with Gasteiger partial charge in [-0.05, 0) is 23.0 Å². The molecular formula is C23H30N2O3. The van der Waals surface area contributed by atoms with E-state index in [0.29, 0.717) is 23.6 Å². The monoisotopic (exact) mass is 382 g/mol. The minimum atomic E-state index is -0.0916. The van der Waals surface area contributed by atoms with Gasteiger partial charge in [0.2, 0.25) is 5.91 Å². The summed E-state index contributed by atoms with van der Waals surface area (Å²) in [7, 11) is 3.23. The number of hydrogen-bond donors (Lipinski definition) is 1. The topological polar surface area (TPSA) is 50.8 Å². The van der Waals surface area contributed by atoms with Crippen LogP contribution in [-0.4, -0.2) is 26.7 Å². The number of methoxy groups -OCH3 is 2. The molecule has 2 aromatic carbocycles. The number of carbonyl (C=O) groups is 1. The van der Waals surface area contributed by atoms with Gasteiger partial charge in [-0.25, -0.2) is 0 Å². The van der Waals surface area contributed by atoms with Gasteiger partial charge in [0.25, 0.3) is 0 Å². The molecule has 0 aliphatic carbocycles. The molecule has 0 radical (unpaired) electrons. The van der Waals surface area contributed by atoms with E-state index in [9.17, 15) is 4.79 Å². The van der Waals surface area contributed by atoms with E-state index in [4.69, 9.17) is 9.47 Å². The molecule has 5 heteroatoms. The number of benzene rings is 2. The molecule has 0 atom stereocenters. The quantitative estimate of drug-likeness (QED) is 0.818. The van der Waals surface area contributed by atoms with Crippen LogP contribution in [0.5, 0.6) is 11.5 Å². The molecule has 0 spiro atoms. The van der Waals surface area contributed by atoms with E-state index in [0.717, 1.165) is 25.2 Å². The van der Waals surface area contributed by atoms with Gasteiger partial charge in [-0.3, -0.25) is 4.79 Å². The largest absolute Gasteiger partial charge is 0.494 e. The smallest absolute Gasteiger partial charge is 0.225 e. The first-order chi connectivity index (χ1) is 13.3. The highest BCUT2D eigenvalue weighted by Gasteiger charge is 2.22. The lowest BCUT2D eigenvalue weighted by atomic mass is 9.92. The first-order valence-corrected chi connectivity index (χ1v) is 9.68. The maximum atomic E-state index is 12.5. The van der Waals surface area contributed by atoms with Crippen LogP contribution in [-0.2, 0) is 17.8 Å². The van der Waals surface area contributed by atoms with Crippen molar-refractivity contribution in [3.05, 3.63) is 47.5 Å². The minimum Gasteiger partial charge on any atom is -0.494 e. The highest BCUT2D eigenvalue weighted by molar-refractivity contribution is 5.95. The molecule has 150 valence electrons. The average Bonchev–Trinajstić information content (AvgIpc) is 2.66. The van der Waals surface area contributed by atoms with E-state index in [-0.39, 0.29) is 11.3 Å². The number of ether oxygens (including phenoxy) is 2. The summed E-state index contributed by atoms with van der Waals surface area (Å²) >= 11 is 0.